The molecule has 2 aliphatic heterocycles. The third-order valence-corrected chi connectivity index (χ3v) is 7.64. The zero-order valence-corrected chi connectivity index (χ0v) is 16.3. The molecule has 0 bridgehead atoms. The van der Waals surface area contributed by atoms with Crippen molar-refractivity contribution in [1.29, 1.82) is 0 Å². The standard InChI is InChI=1S/C20H30N2O3S/c23-26(24,19-6-7-20-17(14-19)10-13-25-20)21-18-8-11-22(12-9-18)15-16-4-2-1-3-5-16/h6-7,14,16,18,21H,1-5,8-13,15H2. The molecule has 0 unspecified atom stereocenters. The molecule has 4 rings (SSSR count). The Hall–Kier alpha value is -1.11. The van der Waals surface area contributed by atoms with Crippen molar-refractivity contribution in [1.82, 2.24) is 9.62 Å². The minimum Gasteiger partial charge on any atom is -0.493 e. The molecule has 1 aliphatic carbocycles. The van der Waals surface area contributed by atoms with Gasteiger partial charge < -0.3 is 9.64 Å². The van der Waals surface area contributed by atoms with Crippen LogP contribution in [-0.2, 0) is 16.4 Å². The first-order valence-electron chi connectivity index (χ1n) is 10.1. The Morgan fingerprint density at radius 3 is 2.62 bits per heavy atom. The second-order valence-corrected chi connectivity index (χ2v) is 9.78. The van der Waals surface area contributed by atoms with Gasteiger partial charge in [-0.05, 0) is 68.5 Å². The van der Waals surface area contributed by atoms with Crippen LogP contribution in [0.3, 0.4) is 0 Å². The molecular formula is C20H30N2O3S. The molecule has 1 aromatic carbocycles. The Balaban J connectivity index is 1.30. The number of hydrogen-bond acceptors (Lipinski definition) is 4. The molecule has 0 atom stereocenters. The highest BCUT2D eigenvalue weighted by atomic mass is 32.2. The van der Waals surface area contributed by atoms with Crippen molar-refractivity contribution in [3.05, 3.63) is 23.8 Å². The minimum absolute atomic E-state index is 0.0483. The van der Waals surface area contributed by atoms with Crippen LogP contribution in [0.15, 0.2) is 23.1 Å². The van der Waals surface area contributed by atoms with Gasteiger partial charge in [0, 0.05) is 19.0 Å². The highest BCUT2D eigenvalue weighted by molar-refractivity contribution is 7.89. The highest BCUT2D eigenvalue weighted by Gasteiger charge is 2.27. The molecule has 1 saturated heterocycles. The lowest BCUT2D eigenvalue weighted by molar-refractivity contribution is 0.161. The van der Waals surface area contributed by atoms with Gasteiger partial charge in [-0.1, -0.05) is 19.3 Å². The van der Waals surface area contributed by atoms with Crippen molar-refractivity contribution >= 4 is 10.0 Å². The van der Waals surface area contributed by atoms with Crippen LogP contribution in [0.1, 0.15) is 50.5 Å². The maximum absolute atomic E-state index is 12.7. The summed E-state index contributed by atoms with van der Waals surface area (Å²) < 4.78 is 33.9. The summed E-state index contributed by atoms with van der Waals surface area (Å²) in [7, 11) is -3.45. The third-order valence-electron chi connectivity index (χ3n) is 6.12. The monoisotopic (exact) mass is 378 g/mol. The van der Waals surface area contributed by atoms with E-state index in [2.05, 4.69) is 9.62 Å². The van der Waals surface area contributed by atoms with E-state index >= 15 is 0 Å². The fourth-order valence-corrected chi connectivity index (χ4v) is 5.94. The molecule has 144 valence electrons. The molecule has 0 radical (unpaired) electrons. The average Bonchev–Trinajstić information content (AvgIpc) is 3.12. The fourth-order valence-electron chi connectivity index (χ4n) is 4.59. The first-order chi connectivity index (χ1) is 12.6. The zero-order chi connectivity index (χ0) is 18.0. The largest absolute Gasteiger partial charge is 0.493 e. The van der Waals surface area contributed by atoms with E-state index in [1.165, 1.54) is 38.6 Å². The van der Waals surface area contributed by atoms with Gasteiger partial charge >= 0.3 is 0 Å². The number of rotatable bonds is 5. The summed E-state index contributed by atoms with van der Waals surface area (Å²) in [5.41, 5.74) is 0.996. The van der Waals surface area contributed by atoms with E-state index in [-0.39, 0.29) is 6.04 Å². The minimum atomic E-state index is -3.45. The Morgan fingerprint density at radius 2 is 1.85 bits per heavy atom. The van der Waals surface area contributed by atoms with Crippen LogP contribution < -0.4 is 9.46 Å². The number of nitrogens with zero attached hydrogens (tertiary/aromatic N) is 1. The zero-order valence-electron chi connectivity index (χ0n) is 15.5. The van der Waals surface area contributed by atoms with E-state index in [9.17, 15) is 8.42 Å². The lowest BCUT2D eigenvalue weighted by atomic mass is 9.88. The average molecular weight is 379 g/mol. The van der Waals surface area contributed by atoms with Crippen molar-refractivity contribution < 1.29 is 13.2 Å². The van der Waals surface area contributed by atoms with E-state index in [1.807, 2.05) is 0 Å². The van der Waals surface area contributed by atoms with Gasteiger partial charge in [0.25, 0.3) is 0 Å². The molecule has 2 heterocycles. The van der Waals surface area contributed by atoms with Crippen LogP contribution in [0.4, 0.5) is 0 Å². The lowest BCUT2D eigenvalue weighted by Gasteiger charge is -2.35. The van der Waals surface area contributed by atoms with Crippen molar-refractivity contribution in [2.45, 2.75) is 62.3 Å². The van der Waals surface area contributed by atoms with E-state index in [1.54, 1.807) is 18.2 Å². The molecule has 2 fully saturated rings. The van der Waals surface area contributed by atoms with Gasteiger partial charge in [0.1, 0.15) is 5.75 Å². The molecule has 1 N–H and O–H groups in total. The van der Waals surface area contributed by atoms with Crippen LogP contribution >= 0.6 is 0 Å². The number of hydrogen-bond donors (Lipinski definition) is 1. The predicted octanol–water partition coefficient (Wildman–Crippen LogP) is 2.94. The molecule has 0 spiro atoms. The number of fused-ring (bicyclic) bond motifs is 1. The van der Waals surface area contributed by atoms with Gasteiger partial charge in [-0.15, -0.1) is 0 Å². The Bertz CT molecular complexity index is 721. The summed E-state index contributed by atoms with van der Waals surface area (Å²) >= 11 is 0. The maximum Gasteiger partial charge on any atom is 0.240 e. The van der Waals surface area contributed by atoms with Crippen molar-refractivity contribution in [2.75, 3.05) is 26.2 Å². The number of nitrogens with one attached hydrogen (secondary N) is 1. The van der Waals surface area contributed by atoms with E-state index in [4.69, 9.17) is 4.74 Å². The quantitative estimate of drug-likeness (QED) is 0.856. The molecule has 6 heteroatoms. The summed E-state index contributed by atoms with van der Waals surface area (Å²) in [6.45, 7) is 3.85. The van der Waals surface area contributed by atoms with E-state index in [0.29, 0.717) is 11.5 Å². The Labute approximate surface area is 157 Å². The number of piperidine rings is 1. The number of benzene rings is 1. The third kappa shape index (κ3) is 4.24. The summed E-state index contributed by atoms with van der Waals surface area (Å²) in [5, 5.41) is 0. The first kappa shape index (κ1) is 18.3. The molecule has 26 heavy (non-hydrogen) atoms. The summed E-state index contributed by atoms with van der Waals surface area (Å²) in [4.78, 5) is 2.90. The summed E-state index contributed by atoms with van der Waals surface area (Å²) in [6, 6.07) is 5.25. The SMILES string of the molecule is O=S(=O)(NC1CCN(CC2CCCCC2)CC1)c1ccc2c(c1)CCO2. The predicted molar refractivity (Wildman–Crippen MR) is 102 cm³/mol. The lowest BCUT2D eigenvalue weighted by Crippen LogP contribution is -2.45. The summed E-state index contributed by atoms with van der Waals surface area (Å²) in [6.07, 6.45) is 9.50. The van der Waals surface area contributed by atoms with Crippen LogP contribution in [0.25, 0.3) is 0 Å². The number of likely N-dealkylation sites (tertiary alicyclic amines) is 1. The van der Waals surface area contributed by atoms with Crippen LogP contribution in [0, 0.1) is 5.92 Å². The second-order valence-electron chi connectivity index (χ2n) is 8.07. The summed E-state index contributed by atoms with van der Waals surface area (Å²) in [5.74, 6) is 1.67. The van der Waals surface area contributed by atoms with Crippen molar-refractivity contribution in [3.63, 3.8) is 0 Å². The van der Waals surface area contributed by atoms with Gasteiger partial charge in [0.15, 0.2) is 0 Å². The number of sulfonamides is 1. The maximum atomic E-state index is 12.7. The van der Waals surface area contributed by atoms with Crippen molar-refractivity contribution in [3.8, 4) is 5.75 Å². The Kier molecular flexibility index (Phi) is 5.53. The van der Waals surface area contributed by atoms with Gasteiger partial charge in [0.2, 0.25) is 10.0 Å². The van der Waals surface area contributed by atoms with Gasteiger partial charge in [-0.25, -0.2) is 13.1 Å². The molecule has 0 amide bonds. The Morgan fingerprint density at radius 1 is 1.08 bits per heavy atom. The van der Waals surface area contributed by atoms with Crippen LogP contribution in [0.2, 0.25) is 0 Å². The van der Waals surface area contributed by atoms with Crippen molar-refractivity contribution in [2.24, 2.45) is 5.92 Å². The fraction of sp³-hybridized carbons (Fsp3) is 0.700. The van der Waals surface area contributed by atoms with Gasteiger partial charge in [0.05, 0.1) is 11.5 Å². The second kappa shape index (κ2) is 7.87. The molecule has 3 aliphatic rings. The van der Waals surface area contributed by atoms with E-state index in [0.717, 1.165) is 49.6 Å². The van der Waals surface area contributed by atoms with Gasteiger partial charge in [-0.3, -0.25) is 0 Å². The molecule has 1 saturated carbocycles. The highest BCUT2D eigenvalue weighted by Crippen LogP contribution is 2.28. The topological polar surface area (TPSA) is 58.6 Å². The van der Waals surface area contributed by atoms with E-state index < -0.39 is 10.0 Å². The normalized spacial score (nSPS) is 22.9. The van der Waals surface area contributed by atoms with Crippen LogP contribution in [-0.4, -0.2) is 45.6 Å². The first-order valence-corrected chi connectivity index (χ1v) is 11.6. The van der Waals surface area contributed by atoms with Gasteiger partial charge in [-0.2, -0.15) is 0 Å². The smallest absolute Gasteiger partial charge is 0.240 e. The molecule has 0 aromatic heterocycles. The van der Waals surface area contributed by atoms with Crippen LogP contribution in [0.5, 0.6) is 5.75 Å². The molecule has 5 nitrogen and oxygen atoms in total. The molecule has 1 aromatic rings. The molecular weight excluding hydrogens is 348 g/mol. The number of ether oxygens (including phenoxy) is 1.